The molecule has 0 bridgehead atoms. The molecule has 0 aromatic carbocycles. The SMILES string of the molecule is COc1cnn(-c2ccc(C)s2)c1C(=O)O. The van der Waals surface area contributed by atoms with E-state index in [4.69, 9.17) is 9.84 Å². The summed E-state index contributed by atoms with van der Waals surface area (Å²) in [6.45, 7) is 1.95. The van der Waals surface area contributed by atoms with Crippen LogP contribution in [0.2, 0.25) is 0 Å². The van der Waals surface area contributed by atoms with Crippen LogP contribution in [-0.2, 0) is 0 Å². The molecule has 0 fully saturated rings. The highest BCUT2D eigenvalue weighted by atomic mass is 32.1. The fraction of sp³-hybridized carbons (Fsp3) is 0.200. The highest BCUT2D eigenvalue weighted by molar-refractivity contribution is 7.14. The second kappa shape index (κ2) is 3.97. The molecule has 1 N–H and O–H groups in total. The highest BCUT2D eigenvalue weighted by Crippen LogP contribution is 2.25. The van der Waals surface area contributed by atoms with Crippen LogP contribution in [0.1, 0.15) is 15.4 Å². The van der Waals surface area contributed by atoms with Crippen LogP contribution in [-0.4, -0.2) is 28.0 Å². The van der Waals surface area contributed by atoms with Gasteiger partial charge in [0, 0.05) is 4.88 Å². The van der Waals surface area contributed by atoms with Gasteiger partial charge >= 0.3 is 5.97 Å². The molecule has 0 aliphatic heterocycles. The third kappa shape index (κ3) is 1.67. The second-order valence-electron chi connectivity index (χ2n) is 3.16. The molecule has 6 heteroatoms. The van der Waals surface area contributed by atoms with Gasteiger partial charge in [0.05, 0.1) is 13.3 Å². The minimum atomic E-state index is -1.06. The number of ether oxygens (including phenoxy) is 1. The molecule has 2 heterocycles. The van der Waals surface area contributed by atoms with E-state index in [1.165, 1.54) is 29.3 Å². The summed E-state index contributed by atoms with van der Waals surface area (Å²) in [7, 11) is 1.42. The third-order valence-corrected chi connectivity index (χ3v) is 3.07. The largest absolute Gasteiger partial charge is 0.493 e. The summed E-state index contributed by atoms with van der Waals surface area (Å²) < 4.78 is 6.33. The van der Waals surface area contributed by atoms with Gasteiger partial charge in [-0.1, -0.05) is 0 Å². The molecule has 0 atom stereocenters. The van der Waals surface area contributed by atoms with Crippen molar-refractivity contribution in [1.29, 1.82) is 0 Å². The number of carboxylic acid groups (broad SMARTS) is 1. The Hall–Kier alpha value is -1.82. The molecule has 84 valence electrons. The number of thiophene rings is 1. The van der Waals surface area contributed by atoms with Crippen LogP contribution in [0.5, 0.6) is 5.75 Å². The summed E-state index contributed by atoms with van der Waals surface area (Å²) in [5, 5.41) is 13.9. The average molecular weight is 238 g/mol. The van der Waals surface area contributed by atoms with Crippen molar-refractivity contribution >= 4 is 17.3 Å². The second-order valence-corrected chi connectivity index (χ2v) is 4.43. The predicted molar refractivity (Wildman–Crippen MR) is 59.7 cm³/mol. The van der Waals surface area contributed by atoms with Crippen LogP contribution >= 0.6 is 11.3 Å². The molecule has 5 nitrogen and oxygen atoms in total. The number of hydrogen-bond donors (Lipinski definition) is 1. The first kappa shape index (κ1) is 10.7. The number of aromatic nitrogens is 2. The Kier molecular flexibility index (Phi) is 2.66. The van der Waals surface area contributed by atoms with Crippen molar-refractivity contribution in [2.45, 2.75) is 6.92 Å². The molecule has 0 aliphatic rings. The van der Waals surface area contributed by atoms with Gasteiger partial charge in [0.1, 0.15) is 5.00 Å². The van der Waals surface area contributed by atoms with Gasteiger partial charge in [-0.25, -0.2) is 9.48 Å². The van der Waals surface area contributed by atoms with Crippen LogP contribution in [0.4, 0.5) is 0 Å². The Morgan fingerprint density at radius 3 is 2.81 bits per heavy atom. The number of aryl methyl sites for hydroxylation is 1. The molecule has 0 radical (unpaired) electrons. The van der Waals surface area contributed by atoms with Crippen molar-refractivity contribution in [1.82, 2.24) is 9.78 Å². The summed E-state index contributed by atoms with van der Waals surface area (Å²) in [5.41, 5.74) is 0.0457. The Balaban J connectivity index is 2.57. The van der Waals surface area contributed by atoms with Gasteiger partial charge in [0.2, 0.25) is 0 Å². The number of methoxy groups -OCH3 is 1. The number of hydrogen-bond acceptors (Lipinski definition) is 4. The van der Waals surface area contributed by atoms with Crippen molar-refractivity contribution in [3.63, 3.8) is 0 Å². The lowest BCUT2D eigenvalue weighted by Gasteiger charge is -2.01. The molecule has 16 heavy (non-hydrogen) atoms. The Morgan fingerprint density at radius 2 is 2.31 bits per heavy atom. The number of rotatable bonds is 3. The molecule has 0 saturated carbocycles. The van der Waals surface area contributed by atoms with E-state index in [1.54, 1.807) is 0 Å². The van der Waals surface area contributed by atoms with Gasteiger partial charge in [-0.05, 0) is 19.1 Å². The molecule has 2 aromatic rings. The standard InChI is InChI=1S/C10H10N2O3S/c1-6-3-4-8(16-6)12-9(10(13)14)7(15-2)5-11-12/h3-5H,1-2H3,(H,13,14). The van der Waals surface area contributed by atoms with Crippen molar-refractivity contribution < 1.29 is 14.6 Å². The quantitative estimate of drug-likeness (QED) is 0.887. The predicted octanol–water partition coefficient (Wildman–Crippen LogP) is 1.95. The first-order valence-electron chi connectivity index (χ1n) is 4.55. The van der Waals surface area contributed by atoms with Crippen molar-refractivity contribution in [2.24, 2.45) is 0 Å². The van der Waals surface area contributed by atoms with Crippen molar-refractivity contribution in [3.05, 3.63) is 28.9 Å². The monoisotopic (exact) mass is 238 g/mol. The number of carbonyl (C=O) groups is 1. The minimum Gasteiger partial charge on any atom is -0.493 e. The number of carboxylic acids is 1. The summed E-state index contributed by atoms with van der Waals surface area (Å²) >= 11 is 1.48. The number of aromatic carboxylic acids is 1. The highest BCUT2D eigenvalue weighted by Gasteiger charge is 2.20. The molecule has 2 rings (SSSR count). The van der Waals surface area contributed by atoms with Gasteiger partial charge in [0.15, 0.2) is 11.4 Å². The fourth-order valence-electron chi connectivity index (χ4n) is 1.38. The van der Waals surface area contributed by atoms with E-state index >= 15 is 0 Å². The lowest BCUT2D eigenvalue weighted by atomic mass is 10.4. The lowest BCUT2D eigenvalue weighted by Crippen LogP contribution is -2.07. The topological polar surface area (TPSA) is 64.4 Å². The summed E-state index contributed by atoms with van der Waals surface area (Å²) in [5.74, 6) is -0.793. The van der Waals surface area contributed by atoms with Crippen molar-refractivity contribution in [2.75, 3.05) is 7.11 Å². The molecule has 0 amide bonds. The maximum atomic E-state index is 11.1. The molecular formula is C10H10N2O3S. The third-order valence-electron chi connectivity index (χ3n) is 2.09. The Morgan fingerprint density at radius 1 is 1.56 bits per heavy atom. The smallest absolute Gasteiger partial charge is 0.358 e. The molecule has 0 aliphatic carbocycles. The van der Waals surface area contributed by atoms with Crippen molar-refractivity contribution in [3.8, 4) is 10.8 Å². The van der Waals surface area contributed by atoms with Crippen LogP contribution in [0.3, 0.4) is 0 Å². The lowest BCUT2D eigenvalue weighted by molar-refractivity contribution is 0.0683. The van der Waals surface area contributed by atoms with Gasteiger partial charge in [-0.15, -0.1) is 11.3 Å². The molecule has 2 aromatic heterocycles. The van der Waals surface area contributed by atoms with Crippen LogP contribution < -0.4 is 4.74 Å². The zero-order chi connectivity index (χ0) is 11.7. The van der Waals surface area contributed by atoms with E-state index in [0.717, 1.165) is 9.88 Å². The van der Waals surface area contributed by atoms with Crippen LogP contribution in [0, 0.1) is 6.92 Å². The summed E-state index contributed by atoms with van der Waals surface area (Å²) in [6.07, 6.45) is 1.40. The van der Waals surface area contributed by atoms with E-state index in [0.29, 0.717) is 0 Å². The van der Waals surface area contributed by atoms with Crippen LogP contribution in [0.25, 0.3) is 5.00 Å². The molecular weight excluding hydrogens is 228 g/mol. The maximum Gasteiger partial charge on any atom is 0.358 e. The first-order valence-corrected chi connectivity index (χ1v) is 5.37. The average Bonchev–Trinajstić information content (AvgIpc) is 2.82. The van der Waals surface area contributed by atoms with Gasteiger partial charge in [0.25, 0.3) is 0 Å². The zero-order valence-electron chi connectivity index (χ0n) is 8.80. The molecule has 0 spiro atoms. The minimum absolute atomic E-state index is 0.0457. The van der Waals surface area contributed by atoms with Crippen LogP contribution in [0.15, 0.2) is 18.3 Å². The Labute approximate surface area is 95.9 Å². The van der Waals surface area contributed by atoms with E-state index < -0.39 is 5.97 Å². The van der Waals surface area contributed by atoms with Gasteiger partial charge < -0.3 is 9.84 Å². The maximum absolute atomic E-state index is 11.1. The normalized spacial score (nSPS) is 10.4. The fourth-order valence-corrected chi connectivity index (χ4v) is 2.21. The molecule has 0 unspecified atom stereocenters. The van der Waals surface area contributed by atoms with E-state index in [9.17, 15) is 4.79 Å². The number of nitrogens with zero attached hydrogens (tertiary/aromatic N) is 2. The first-order chi connectivity index (χ1) is 7.63. The van der Waals surface area contributed by atoms with E-state index in [-0.39, 0.29) is 11.4 Å². The summed E-state index contributed by atoms with van der Waals surface area (Å²) in [4.78, 5) is 12.2. The van der Waals surface area contributed by atoms with Gasteiger partial charge in [-0.2, -0.15) is 5.10 Å². The van der Waals surface area contributed by atoms with Gasteiger partial charge in [-0.3, -0.25) is 0 Å². The van der Waals surface area contributed by atoms with E-state index in [2.05, 4.69) is 5.10 Å². The zero-order valence-corrected chi connectivity index (χ0v) is 9.61. The Bertz CT molecular complexity index is 530. The molecule has 0 saturated heterocycles. The summed E-state index contributed by atoms with van der Waals surface area (Å²) in [6, 6.07) is 3.75. The van der Waals surface area contributed by atoms with E-state index in [1.807, 2.05) is 19.1 Å².